The maximum absolute atomic E-state index is 13.7. The van der Waals surface area contributed by atoms with Gasteiger partial charge in [-0.2, -0.15) is 5.26 Å². The van der Waals surface area contributed by atoms with E-state index < -0.39 is 0 Å². The largest absolute Gasteiger partial charge is 0.496 e. The Hall–Kier alpha value is -4.24. The summed E-state index contributed by atoms with van der Waals surface area (Å²) in [6, 6.07) is 24.0. The molecule has 0 saturated carbocycles. The predicted octanol–water partition coefficient (Wildman–Crippen LogP) is 4.77. The molecule has 0 spiro atoms. The van der Waals surface area contributed by atoms with Crippen molar-refractivity contribution in [2.24, 2.45) is 0 Å². The minimum atomic E-state index is -0.292. The first-order valence-corrected chi connectivity index (χ1v) is 11.0. The smallest absolute Gasteiger partial charge is 0.261 e. The second kappa shape index (κ2) is 7.42. The number of nitrogens with zero attached hydrogens (tertiary/aromatic N) is 3. The fourth-order valence-electron chi connectivity index (χ4n) is 5.30. The highest BCUT2D eigenvalue weighted by Crippen LogP contribution is 2.46. The van der Waals surface area contributed by atoms with E-state index in [1.165, 1.54) is 10.9 Å². The first-order valence-electron chi connectivity index (χ1n) is 11.0. The third-order valence-electron chi connectivity index (χ3n) is 6.78. The Bertz CT molecular complexity index is 1450. The fourth-order valence-corrected chi connectivity index (χ4v) is 5.30. The molecule has 1 unspecified atom stereocenters. The van der Waals surface area contributed by atoms with Gasteiger partial charge in [0.05, 0.1) is 30.1 Å². The van der Waals surface area contributed by atoms with Crippen LogP contribution >= 0.6 is 0 Å². The third-order valence-corrected chi connectivity index (χ3v) is 6.78. The number of nitrogens with one attached hydrogen (secondary N) is 1. The average molecular weight is 434 g/mol. The molecule has 6 heteroatoms. The molecule has 6 nitrogen and oxygen atoms in total. The van der Waals surface area contributed by atoms with Crippen molar-refractivity contribution in [2.75, 3.05) is 18.6 Å². The molecular weight excluding hydrogens is 412 g/mol. The normalized spacial score (nSPS) is 16.7. The van der Waals surface area contributed by atoms with Crippen molar-refractivity contribution in [3.63, 3.8) is 0 Å². The number of hydrogen-bond acceptors (Lipinski definition) is 4. The molecule has 4 aromatic rings. The van der Waals surface area contributed by atoms with Crippen LogP contribution in [0.3, 0.4) is 0 Å². The van der Waals surface area contributed by atoms with Gasteiger partial charge >= 0.3 is 0 Å². The molecular formula is C27H22N4O2. The summed E-state index contributed by atoms with van der Waals surface area (Å²) in [6.45, 7) is 1.11. The molecule has 2 aliphatic heterocycles. The lowest BCUT2D eigenvalue weighted by atomic mass is 9.94. The van der Waals surface area contributed by atoms with E-state index in [0.717, 1.165) is 28.9 Å². The first-order chi connectivity index (χ1) is 16.2. The van der Waals surface area contributed by atoms with Crippen LogP contribution in [0.15, 0.2) is 66.7 Å². The molecule has 162 valence electrons. The van der Waals surface area contributed by atoms with Crippen LogP contribution in [-0.4, -0.2) is 29.4 Å². The van der Waals surface area contributed by atoms with E-state index in [0.29, 0.717) is 30.0 Å². The summed E-state index contributed by atoms with van der Waals surface area (Å²) < 4.78 is 5.59. The van der Waals surface area contributed by atoms with Crippen molar-refractivity contribution >= 4 is 22.5 Å². The van der Waals surface area contributed by atoms with Gasteiger partial charge < -0.3 is 19.5 Å². The summed E-state index contributed by atoms with van der Waals surface area (Å²) in [5.41, 5.74) is 6.32. The molecule has 0 aliphatic carbocycles. The number of fused-ring (bicyclic) bond motifs is 6. The van der Waals surface area contributed by atoms with Gasteiger partial charge in [0.15, 0.2) is 0 Å². The second-order valence-corrected chi connectivity index (χ2v) is 8.44. The van der Waals surface area contributed by atoms with Gasteiger partial charge in [0.1, 0.15) is 17.5 Å². The lowest BCUT2D eigenvalue weighted by Crippen LogP contribution is -2.52. The lowest BCUT2D eigenvalue weighted by molar-refractivity contribution is 0.0621. The zero-order valence-electron chi connectivity index (χ0n) is 18.2. The molecule has 0 fully saturated rings. The number of benzene rings is 3. The van der Waals surface area contributed by atoms with Gasteiger partial charge in [-0.15, -0.1) is 0 Å². The fraction of sp³-hybridized carbons (Fsp3) is 0.185. The molecule has 6 rings (SSSR count). The molecule has 0 radical (unpaired) electrons. The second-order valence-electron chi connectivity index (χ2n) is 8.44. The van der Waals surface area contributed by atoms with Crippen molar-refractivity contribution in [1.29, 1.82) is 5.26 Å². The molecule has 33 heavy (non-hydrogen) atoms. The Morgan fingerprint density at radius 3 is 2.76 bits per heavy atom. The number of ether oxygens (including phenoxy) is 1. The summed E-state index contributed by atoms with van der Waals surface area (Å²) in [5, 5.41) is 10.9. The highest BCUT2D eigenvalue weighted by Gasteiger charge is 2.44. The Morgan fingerprint density at radius 1 is 1.09 bits per heavy atom. The maximum atomic E-state index is 13.7. The van der Waals surface area contributed by atoms with Crippen LogP contribution in [0.2, 0.25) is 0 Å². The Balaban J connectivity index is 1.59. The van der Waals surface area contributed by atoms with E-state index >= 15 is 0 Å². The van der Waals surface area contributed by atoms with Gasteiger partial charge in [-0.05, 0) is 41.8 Å². The molecule has 1 amide bonds. The number of carbonyl (C=O) groups excluding carboxylic acids is 1. The maximum Gasteiger partial charge on any atom is 0.261 e. The van der Waals surface area contributed by atoms with Crippen LogP contribution in [0.25, 0.3) is 10.9 Å². The zero-order chi connectivity index (χ0) is 22.5. The highest BCUT2D eigenvalue weighted by molar-refractivity contribution is 6.05. The van der Waals surface area contributed by atoms with Gasteiger partial charge in [0.25, 0.3) is 5.91 Å². The Morgan fingerprint density at radius 2 is 1.91 bits per heavy atom. The zero-order valence-corrected chi connectivity index (χ0v) is 18.2. The number of aromatic nitrogens is 1. The minimum absolute atomic E-state index is 0.0263. The van der Waals surface area contributed by atoms with Crippen molar-refractivity contribution in [2.45, 2.75) is 19.1 Å². The van der Waals surface area contributed by atoms with Crippen LogP contribution < -0.4 is 9.64 Å². The summed E-state index contributed by atoms with van der Waals surface area (Å²) in [5.74, 6) is 0.540. The van der Waals surface area contributed by atoms with E-state index in [2.05, 4.69) is 34.2 Å². The molecule has 0 saturated heterocycles. The SMILES string of the molecule is COc1cccc2c1C(=O)N1CCc3c([nH]c4ccccc34)C1N2Cc1ccccc1C#N. The first kappa shape index (κ1) is 19.4. The number of anilines is 1. The van der Waals surface area contributed by atoms with E-state index in [9.17, 15) is 10.1 Å². The van der Waals surface area contributed by atoms with Crippen molar-refractivity contribution in [3.8, 4) is 11.8 Å². The average Bonchev–Trinajstić information content (AvgIpc) is 3.25. The number of amides is 1. The topological polar surface area (TPSA) is 72.4 Å². The quantitative estimate of drug-likeness (QED) is 0.504. The number of rotatable bonds is 3. The summed E-state index contributed by atoms with van der Waals surface area (Å²) in [4.78, 5) is 21.5. The summed E-state index contributed by atoms with van der Waals surface area (Å²) >= 11 is 0. The van der Waals surface area contributed by atoms with Crippen molar-refractivity contribution in [3.05, 3.63) is 94.7 Å². The minimum Gasteiger partial charge on any atom is -0.496 e. The van der Waals surface area contributed by atoms with Gasteiger partial charge in [-0.25, -0.2) is 0 Å². The molecule has 1 N–H and O–H groups in total. The van der Waals surface area contributed by atoms with E-state index in [4.69, 9.17) is 4.74 Å². The molecule has 3 aromatic carbocycles. The van der Waals surface area contributed by atoms with Crippen LogP contribution in [0, 0.1) is 11.3 Å². The highest BCUT2D eigenvalue weighted by atomic mass is 16.5. The Kier molecular flexibility index (Phi) is 4.37. The van der Waals surface area contributed by atoms with Gasteiger partial charge in [0.2, 0.25) is 0 Å². The van der Waals surface area contributed by atoms with E-state index in [1.807, 2.05) is 53.4 Å². The van der Waals surface area contributed by atoms with Gasteiger partial charge in [0, 0.05) is 24.0 Å². The molecule has 3 heterocycles. The van der Waals surface area contributed by atoms with Gasteiger partial charge in [-0.3, -0.25) is 4.79 Å². The number of H-pyrrole nitrogens is 1. The molecule has 1 atom stereocenters. The lowest BCUT2D eigenvalue weighted by Gasteiger charge is -2.48. The predicted molar refractivity (Wildman–Crippen MR) is 126 cm³/mol. The van der Waals surface area contributed by atoms with Crippen molar-refractivity contribution < 1.29 is 9.53 Å². The molecule has 2 aliphatic rings. The number of hydrogen-bond donors (Lipinski definition) is 1. The van der Waals surface area contributed by atoms with Crippen LogP contribution in [0.4, 0.5) is 5.69 Å². The Labute approximate surface area is 191 Å². The summed E-state index contributed by atoms with van der Waals surface area (Å²) in [7, 11) is 1.59. The van der Waals surface area contributed by atoms with E-state index in [-0.39, 0.29) is 12.1 Å². The van der Waals surface area contributed by atoms with Crippen LogP contribution in [-0.2, 0) is 13.0 Å². The monoisotopic (exact) mass is 434 g/mol. The van der Waals surface area contributed by atoms with Gasteiger partial charge in [-0.1, -0.05) is 42.5 Å². The number of nitriles is 1. The number of para-hydroxylation sites is 1. The molecule has 0 bridgehead atoms. The summed E-state index contributed by atoms with van der Waals surface area (Å²) in [6.07, 6.45) is 0.495. The molecule has 1 aromatic heterocycles. The number of aromatic amines is 1. The van der Waals surface area contributed by atoms with E-state index in [1.54, 1.807) is 7.11 Å². The van der Waals surface area contributed by atoms with Crippen molar-refractivity contribution in [1.82, 2.24) is 9.88 Å². The standard InChI is InChI=1S/C27H22N4O2/c1-33-23-12-6-11-22-24(23)27(32)30-14-13-20-19-9-4-5-10-21(19)29-25(20)26(30)31(22)16-18-8-3-2-7-17(18)15-28/h2-12,26,29H,13-14,16H2,1H3. The number of carbonyl (C=O) groups is 1. The van der Waals surface area contributed by atoms with Crippen LogP contribution in [0.1, 0.15) is 38.9 Å². The number of methoxy groups -OCH3 is 1. The van der Waals surface area contributed by atoms with Crippen LogP contribution in [0.5, 0.6) is 5.75 Å². The third kappa shape index (κ3) is 2.82.